The van der Waals surface area contributed by atoms with Gasteiger partial charge in [0.1, 0.15) is 0 Å². The number of carbonyl (C=O) groups excluding carboxylic acids is 2. The normalized spacial score (nSPS) is 19.8. The largest absolute Gasteiger partial charge is 0.356 e. The van der Waals surface area contributed by atoms with Gasteiger partial charge in [0.25, 0.3) is 0 Å². The van der Waals surface area contributed by atoms with Gasteiger partial charge in [0.2, 0.25) is 11.8 Å². The number of rotatable bonds is 5. The number of hydrogen-bond donors (Lipinski definition) is 1. The van der Waals surface area contributed by atoms with E-state index in [2.05, 4.69) is 15.6 Å². The van der Waals surface area contributed by atoms with Crippen molar-refractivity contribution in [1.82, 2.24) is 15.2 Å². The zero-order chi connectivity index (χ0) is 17.6. The van der Waals surface area contributed by atoms with Crippen LogP contribution in [0.25, 0.3) is 0 Å². The average molecular weight is 364 g/mol. The van der Waals surface area contributed by atoms with E-state index in [0.29, 0.717) is 18.4 Å². The molecule has 0 spiro atoms. The molecule has 0 radical (unpaired) electrons. The van der Waals surface area contributed by atoms with Crippen molar-refractivity contribution < 1.29 is 9.59 Å². The minimum Gasteiger partial charge on any atom is -0.356 e. The molecule has 2 amide bonds. The predicted molar refractivity (Wildman–Crippen MR) is 99.6 cm³/mol. The highest BCUT2D eigenvalue weighted by molar-refractivity contribution is 7.09. The standard InChI is InChI=1S/C19H29N3O2S/c1-14(23)20-10-7-17-13-25-18(21-17)15-8-11-22(12-9-15)19(24)16-5-3-2-4-6-16/h13,15-16H,2-12H2,1H3,(H,20,23). The summed E-state index contributed by atoms with van der Waals surface area (Å²) < 4.78 is 0. The van der Waals surface area contributed by atoms with Crippen LogP contribution in [0.3, 0.4) is 0 Å². The summed E-state index contributed by atoms with van der Waals surface area (Å²) in [4.78, 5) is 30.4. The summed E-state index contributed by atoms with van der Waals surface area (Å²) in [5.74, 6) is 1.17. The van der Waals surface area contributed by atoms with Crippen molar-refractivity contribution in [2.45, 2.75) is 64.2 Å². The van der Waals surface area contributed by atoms with Crippen LogP contribution in [0.5, 0.6) is 0 Å². The van der Waals surface area contributed by atoms with Crippen LogP contribution in [0, 0.1) is 5.92 Å². The third kappa shape index (κ3) is 5.03. The van der Waals surface area contributed by atoms with Crippen molar-refractivity contribution in [2.24, 2.45) is 5.92 Å². The first-order valence-electron chi connectivity index (χ1n) is 9.61. The number of piperidine rings is 1. The fraction of sp³-hybridized carbons (Fsp3) is 0.737. The van der Waals surface area contributed by atoms with Crippen molar-refractivity contribution in [1.29, 1.82) is 0 Å². The Hall–Kier alpha value is -1.43. The Bertz CT molecular complexity index is 587. The summed E-state index contributed by atoms with van der Waals surface area (Å²) in [6.45, 7) is 3.93. The lowest BCUT2D eigenvalue weighted by Gasteiger charge is -2.34. The van der Waals surface area contributed by atoms with Crippen molar-refractivity contribution in [3.8, 4) is 0 Å². The summed E-state index contributed by atoms with van der Waals surface area (Å²) in [6.07, 6.45) is 8.73. The maximum Gasteiger partial charge on any atom is 0.225 e. The molecule has 0 aromatic carbocycles. The number of hydrogen-bond acceptors (Lipinski definition) is 4. The molecular weight excluding hydrogens is 334 g/mol. The van der Waals surface area contributed by atoms with Crippen molar-refractivity contribution in [3.63, 3.8) is 0 Å². The molecule has 1 aliphatic heterocycles. The number of nitrogens with zero attached hydrogens (tertiary/aromatic N) is 2. The molecule has 1 saturated heterocycles. The van der Waals surface area contributed by atoms with Gasteiger partial charge in [0.05, 0.1) is 10.7 Å². The van der Waals surface area contributed by atoms with Crippen LogP contribution in [0.15, 0.2) is 5.38 Å². The van der Waals surface area contributed by atoms with Gasteiger partial charge in [-0.2, -0.15) is 0 Å². The van der Waals surface area contributed by atoms with Gasteiger partial charge in [-0.3, -0.25) is 9.59 Å². The number of nitrogens with one attached hydrogen (secondary N) is 1. The molecule has 1 saturated carbocycles. The third-order valence-corrected chi connectivity index (χ3v) is 6.49. The second kappa shape index (κ2) is 8.79. The van der Waals surface area contributed by atoms with E-state index < -0.39 is 0 Å². The number of carbonyl (C=O) groups is 2. The Morgan fingerprint density at radius 1 is 1.20 bits per heavy atom. The van der Waals surface area contributed by atoms with Gasteiger partial charge in [-0.05, 0) is 25.7 Å². The van der Waals surface area contributed by atoms with Gasteiger partial charge in [0, 0.05) is 50.2 Å². The third-order valence-electron chi connectivity index (χ3n) is 5.43. The Kier molecular flexibility index (Phi) is 6.45. The first-order valence-corrected chi connectivity index (χ1v) is 10.5. The Morgan fingerprint density at radius 3 is 2.60 bits per heavy atom. The second-order valence-electron chi connectivity index (χ2n) is 7.34. The highest BCUT2D eigenvalue weighted by atomic mass is 32.1. The smallest absolute Gasteiger partial charge is 0.225 e. The molecular formula is C19H29N3O2S. The zero-order valence-corrected chi connectivity index (χ0v) is 15.9. The highest BCUT2D eigenvalue weighted by Crippen LogP contribution is 2.32. The first kappa shape index (κ1) is 18.4. The molecule has 1 aliphatic carbocycles. The van der Waals surface area contributed by atoms with E-state index in [9.17, 15) is 9.59 Å². The minimum atomic E-state index is 0.00505. The van der Waals surface area contributed by atoms with Crippen LogP contribution >= 0.6 is 11.3 Å². The molecule has 0 atom stereocenters. The van der Waals surface area contributed by atoms with Crippen molar-refractivity contribution in [3.05, 3.63) is 16.1 Å². The molecule has 2 heterocycles. The molecule has 1 aromatic rings. The Morgan fingerprint density at radius 2 is 1.92 bits per heavy atom. The lowest BCUT2D eigenvalue weighted by molar-refractivity contribution is -0.137. The zero-order valence-electron chi connectivity index (χ0n) is 15.1. The SMILES string of the molecule is CC(=O)NCCc1csc(C2CCN(C(=O)C3CCCCC3)CC2)n1. The monoisotopic (exact) mass is 363 g/mol. The van der Waals surface area contributed by atoms with Crippen molar-refractivity contribution >= 4 is 23.2 Å². The molecule has 0 unspecified atom stereocenters. The predicted octanol–water partition coefficient (Wildman–Crippen LogP) is 3.11. The fourth-order valence-corrected chi connectivity index (χ4v) is 4.97. The topological polar surface area (TPSA) is 62.3 Å². The molecule has 1 N–H and O–H groups in total. The van der Waals surface area contributed by atoms with Crippen LogP contribution < -0.4 is 5.32 Å². The molecule has 5 nitrogen and oxygen atoms in total. The van der Waals surface area contributed by atoms with Gasteiger partial charge in [0.15, 0.2) is 0 Å². The summed E-state index contributed by atoms with van der Waals surface area (Å²) >= 11 is 1.73. The van der Waals surface area contributed by atoms with E-state index in [4.69, 9.17) is 4.98 Å². The lowest BCUT2D eigenvalue weighted by Crippen LogP contribution is -2.41. The van der Waals surface area contributed by atoms with Crippen LogP contribution in [0.4, 0.5) is 0 Å². The quantitative estimate of drug-likeness (QED) is 0.874. The lowest BCUT2D eigenvalue weighted by atomic mass is 9.87. The number of amides is 2. The Balaban J connectivity index is 1.46. The van der Waals surface area contributed by atoms with Gasteiger partial charge in [-0.15, -0.1) is 11.3 Å². The van der Waals surface area contributed by atoms with Crippen molar-refractivity contribution in [2.75, 3.05) is 19.6 Å². The van der Waals surface area contributed by atoms with Gasteiger partial charge in [-0.1, -0.05) is 19.3 Å². The molecule has 3 rings (SSSR count). The summed E-state index contributed by atoms with van der Waals surface area (Å²) in [7, 11) is 0. The minimum absolute atomic E-state index is 0.00505. The molecule has 2 fully saturated rings. The maximum absolute atomic E-state index is 12.7. The van der Waals surface area contributed by atoms with E-state index in [-0.39, 0.29) is 11.8 Å². The van der Waals surface area contributed by atoms with Crippen LogP contribution in [0.2, 0.25) is 0 Å². The molecule has 6 heteroatoms. The maximum atomic E-state index is 12.7. The summed E-state index contributed by atoms with van der Waals surface area (Å²) in [6, 6.07) is 0. The molecule has 25 heavy (non-hydrogen) atoms. The fourth-order valence-electron chi connectivity index (χ4n) is 3.95. The molecule has 2 aliphatic rings. The first-order chi connectivity index (χ1) is 12.1. The van der Waals surface area contributed by atoms with Gasteiger partial charge in [-0.25, -0.2) is 4.98 Å². The van der Waals surface area contributed by atoms with E-state index in [0.717, 1.165) is 50.9 Å². The van der Waals surface area contributed by atoms with Crippen LogP contribution in [-0.4, -0.2) is 41.3 Å². The summed E-state index contributed by atoms with van der Waals surface area (Å²) in [5, 5.41) is 6.12. The highest BCUT2D eigenvalue weighted by Gasteiger charge is 2.30. The van der Waals surface area contributed by atoms with Gasteiger partial charge >= 0.3 is 0 Å². The van der Waals surface area contributed by atoms with E-state index in [1.54, 1.807) is 11.3 Å². The molecule has 1 aromatic heterocycles. The second-order valence-corrected chi connectivity index (χ2v) is 8.23. The van der Waals surface area contributed by atoms with Gasteiger partial charge < -0.3 is 10.2 Å². The van der Waals surface area contributed by atoms with E-state index >= 15 is 0 Å². The van der Waals surface area contributed by atoms with E-state index in [1.165, 1.54) is 31.2 Å². The molecule has 138 valence electrons. The van der Waals surface area contributed by atoms with Crippen LogP contribution in [0.1, 0.15) is 68.5 Å². The number of thiazole rings is 1. The number of likely N-dealkylation sites (tertiary alicyclic amines) is 1. The summed E-state index contributed by atoms with van der Waals surface area (Å²) in [5.41, 5.74) is 1.06. The van der Waals surface area contributed by atoms with E-state index in [1.807, 2.05) is 0 Å². The molecule has 0 bridgehead atoms. The average Bonchev–Trinajstić information content (AvgIpc) is 3.10. The number of aromatic nitrogens is 1. The van der Waals surface area contributed by atoms with Crippen LogP contribution in [-0.2, 0) is 16.0 Å². The Labute approximate surface area is 154 Å².